The minimum Gasteiger partial charge on any atom is -0.313 e. The van der Waals surface area contributed by atoms with E-state index in [9.17, 15) is 4.39 Å². The Balaban J connectivity index is 2.09. The molecule has 1 aromatic rings. The van der Waals surface area contributed by atoms with E-state index < -0.39 is 0 Å². The van der Waals surface area contributed by atoms with Gasteiger partial charge in [-0.25, -0.2) is 4.39 Å². The SMILES string of the molecule is CC1CN(Cc2c(F)cccc2Cl)CCCN1. The molecule has 1 N–H and O–H groups in total. The zero-order chi connectivity index (χ0) is 12.3. The monoisotopic (exact) mass is 256 g/mol. The van der Waals surface area contributed by atoms with Gasteiger partial charge in [-0.3, -0.25) is 4.90 Å². The lowest BCUT2D eigenvalue weighted by Crippen LogP contribution is -2.35. The molecular weight excluding hydrogens is 239 g/mol. The molecule has 4 heteroatoms. The van der Waals surface area contributed by atoms with Crippen LogP contribution in [0.15, 0.2) is 18.2 Å². The average Bonchev–Trinajstić information content (AvgIpc) is 2.48. The van der Waals surface area contributed by atoms with Gasteiger partial charge < -0.3 is 5.32 Å². The van der Waals surface area contributed by atoms with E-state index in [0.717, 1.165) is 26.1 Å². The van der Waals surface area contributed by atoms with E-state index in [-0.39, 0.29) is 5.82 Å². The molecule has 0 radical (unpaired) electrons. The molecule has 94 valence electrons. The summed E-state index contributed by atoms with van der Waals surface area (Å²) in [6, 6.07) is 5.32. The molecule has 2 rings (SSSR count). The summed E-state index contributed by atoms with van der Waals surface area (Å²) < 4.78 is 13.7. The molecule has 0 saturated carbocycles. The number of nitrogens with one attached hydrogen (secondary N) is 1. The van der Waals surface area contributed by atoms with Crippen molar-refractivity contribution in [3.05, 3.63) is 34.6 Å². The normalized spacial score (nSPS) is 22.4. The summed E-state index contributed by atoms with van der Waals surface area (Å²) in [6.07, 6.45) is 1.09. The van der Waals surface area contributed by atoms with Gasteiger partial charge in [0.15, 0.2) is 0 Å². The second kappa shape index (κ2) is 5.80. The Morgan fingerprint density at radius 2 is 2.35 bits per heavy atom. The Kier molecular flexibility index (Phi) is 4.37. The van der Waals surface area contributed by atoms with Gasteiger partial charge >= 0.3 is 0 Å². The van der Waals surface area contributed by atoms with Crippen LogP contribution in [-0.2, 0) is 6.54 Å². The van der Waals surface area contributed by atoms with Gasteiger partial charge in [0.25, 0.3) is 0 Å². The minimum atomic E-state index is -0.206. The summed E-state index contributed by atoms with van der Waals surface area (Å²) >= 11 is 6.04. The number of nitrogens with zero attached hydrogens (tertiary/aromatic N) is 1. The summed E-state index contributed by atoms with van der Waals surface area (Å²) in [6.45, 7) is 5.70. The van der Waals surface area contributed by atoms with E-state index in [1.165, 1.54) is 6.07 Å². The molecular formula is C13H18ClFN2. The fourth-order valence-electron chi connectivity index (χ4n) is 2.24. The Bertz CT molecular complexity index is 363. The maximum atomic E-state index is 13.7. The number of hydrogen-bond donors (Lipinski definition) is 1. The molecule has 1 aliphatic heterocycles. The van der Waals surface area contributed by atoms with Gasteiger partial charge in [0, 0.05) is 29.7 Å². The van der Waals surface area contributed by atoms with Crippen molar-refractivity contribution in [2.75, 3.05) is 19.6 Å². The van der Waals surface area contributed by atoms with E-state index in [0.29, 0.717) is 23.2 Å². The molecule has 0 spiro atoms. The van der Waals surface area contributed by atoms with Gasteiger partial charge in [-0.15, -0.1) is 0 Å². The zero-order valence-corrected chi connectivity index (χ0v) is 10.8. The number of hydrogen-bond acceptors (Lipinski definition) is 2. The van der Waals surface area contributed by atoms with Crippen molar-refractivity contribution in [1.82, 2.24) is 10.2 Å². The maximum Gasteiger partial charge on any atom is 0.129 e. The molecule has 17 heavy (non-hydrogen) atoms. The number of halogens is 2. The van der Waals surface area contributed by atoms with Crippen LogP contribution in [0.1, 0.15) is 18.9 Å². The van der Waals surface area contributed by atoms with E-state index in [2.05, 4.69) is 17.1 Å². The molecule has 1 saturated heterocycles. The summed E-state index contributed by atoms with van der Waals surface area (Å²) in [5, 5.41) is 3.94. The van der Waals surface area contributed by atoms with Crippen LogP contribution in [-0.4, -0.2) is 30.6 Å². The fourth-order valence-corrected chi connectivity index (χ4v) is 2.47. The highest BCUT2D eigenvalue weighted by atomic mass is 35.5. The van der Waals surface area contributed by atoms with Crippen LogP contribution in [0.4, 0.5) is 4.39 Å². The molecule has 0 aromatic heterocycles. The van der Waals surface area contributed by atoms with Crippen LogP contribution >= 0.6 is 11.6 Å². The Morgan fingerprint density at radius 3 is 3.12 bits per heavy atom. The third-order valence-electron chi connectivity index (χ3n) is 3.12. The Labute approximate surface area is 107 Å². The molecule has 2 nitrogen and oxygen atoms in total. The summed E-state index contributed by atoms with van der Waals surface area (Å²) in [5.41, 5.74) is 0.614. The maximum absolute atomic E-state index is 13.7. The first-order valence-corrected chi connectivity index (χ1v) is 6.43. The van der Waals surface area contributed by atoms with Crippen molar-refractivity contribution < 1.29 is 4.39 Å². The molecule has 1 aromatic carbocycles. The highest BCUT2D eigenvalue weighted by Crippen LogP contribution is 2.21. The van der Waals surface area contributed by atoms with Crippen molar-refractivity contribution in [2.45, 2.75) is 25.9 Å². The fraction of sp³-hybridized carbons (Fsp3) is 0.538. The van der Waals surface area contributed by atoms with Gasteiger partial charge in [0.1, 0.15) is 5.82 Å². The molecule has 1 unspecified atom stereocenters. The molecule has 0 bridgehead atoms. The lowest BCUT2D eigenvalue weighted by atomic mass is 10.2. The number of benzene rings is 1. The summed E-state index contributed by atoms with van der Waals surface area (Å²) in [7, 11) is 0. The van der Waals surface area contributed by atoms with Crippen LogP contribution < -0.4 is 5.32 Å². The van der Waals surface area contributed by atoms with E-state index in [4.69, 9.17) is 11.6 Å². The van der Waals surface area contributed by atoms with Gasteiger partial charge in [-0.2, -0.15) is 0 Å². The first-order valence-electron chi connectivity index (χ1n) is 6.05. The minimum absolute atomic E-state index is 0.206. The molecule has 0 aliphatic carbocycles. The number of rotatable bonds is 2. The third kappa shape index (κ3) is 3.41. The van der Waals surface area contributed by atoms with Gasteiger partial charge in [0.2, 0.25) is 0 Å². The van der Waals surface area contributed by atoms with Crippen LogP contribution in [0, 0.1) is 5.82 Å². The Hall–Kier alpha value is -0.640. The lowest BCUT2D eigenvalue weighted by molar-refractivity contribution is 0.261. The van der Waals surface area contributed by atoms with Crippen molar-refractivity contribution >= 4 is 11.6 Å². The lowest BCUT2D eigenvalue weighted by Gasteiger charge is -2.23. The first-order chi connectivity index (χ1) is 8.16. The zero-order valence-electron chi connectivity index (χ0n) is 10.0. The molecule has 1 atom stereocenters. The van der Waals surface area contributed by atoms with Gasteiger partial charge in [-0.1, -0.05) is 17.7 Å². The second-order valence-corrected chi connectivity index (χ2v) is 5.05. The van der Waals surface area contributed by atoms with Gasteiger partial charge in [0.05, 0.1) is 0 Å². The molecule has 1 fully saturated rings. The first kappa shape index (κ1) is 12.8. The average molecular weight is 257 g/mol. The molecule has 1 aliphatic rings. The van der Waals surface area contributed by atoms with E-state index in [1.807, 2.05) is 0 Å². The smallest absolute Gasteiger partial charge is 0.129 e. The Morgan fingerprint density at radius 1 is 1.53 bits per heavy atom. The predicted molar refractivity (Wildman–Crippen MR) is 68.8 cm³/mol. The third-order valence-corrected chi connectivity index (χ3v) is 3.47. The van der Waals surface area contributed by atoms with Crippen molar-refractivity contribution in [2.24, 2.45) is 0 Å². The van der Waals surface area contributed by atoms with Gasteiger partial charge in [-0.05, 0) is 38.6 Å². The standard InChI is InChI=1S/C13H18ClFN2/c1-10-8-17(7-3-6-16-10)9-11-12(14)4-2-5-13(11)15/h2,4-5,10,16H,3,6-9H2,1H3. The van der Waals surface area contributed by atoms with Crippen LogP contribution in [0.3, 0.4) is 0 Å². The largest absolute Gasteiger partial charge is 0.313 e. The van der Waals surface area contributed by atoms with Crippen LogP contribution in [0.5, 0.6) is 0 Å². The molecule has 1 heterocycles. The van der Waals surface area contributed by atoms with E-state index in [1.54, 1.807) is 12.1 Å². The highest BCUT2D eigenvalue weighted by Gasteiger charge is 2.17. The van der Waals surface area contributed by atoms with E-state index >= 15 is 0 Å². The van der Waals surface area contributed by atoms with Crippen LogP contribution in [0.2, 0.25) is 5.02 Å². The highest BCUT2D eigenvalue weighted by molar-refractivity contribution is 6.31. The van der Waals surface area contributed by atoms with Crippen molar-refractivity contribution in [3.63, 3.8) is 0 Å². The second-order valence-electron chi connectivity index (χ2n) is 4.64. The van der Waals surface area contributed by atoms with Crippen molar-refractivity contribution in [3.8, 4) is 0 Å². The quantitative estimate of drug-likeness (QED) is 0.875. The topological polar surface area (TPSA) is 15.3 Å². The summed E-state index contributed by atoms with van der Waals surface area (Å²) in [5.74, 6) is -0.206. The molecule has 0 amide bonds. The van der Waals surface area contributed by atoms with Crippen LogP contribution in [0.25, 0.3) is 0 Å². The predicted octanol–water partition coefficient (Wildman–Crippen LogP) is 2.66. The summed E-state index contributed by atoms with van der Waals surface area (Å²) in [4.78, 5) is 2.26. The van der Waals surface area contributed by atoms with Crippen molar-refractivity contribution in [1.29, 1.82) is 0 Å².